The fourth-order valence-electron chi connectivity index (χ4n) is 3.32. The van der Waals surface area contributed by atoms with Crippen LogP contribution in [0.5, 0.6) is 0 Å². The topological polar surface area (TPSA) is 98.1 Å². The molecule has 8 heteroatoms. The molecular formula is C22H28N2O6. The fraction of sp³-hybridized carbons (Fsp3) is 0.500. The Bertz CT molecular complexity index is 935. The van der Waals surface area contributed by atoms with Crippen molar-refractivity contribution in [3.8, 4) is 0 Å². The number of carbonyl (C=O) groups excluding carboxylic acids is 3. The van der Waals surface area contributed by atoms with Gasteiger partial charge in [0.25, 0.3) is 0 Å². The molecule has 1 aromatic heterocycles. The lowest BCUT2D eigenvalue weighted by atomic mass is 9.96. The number of benzene rings is 1. The first-order valence-corrected chi connectivity index (χ1v) is 10.2. The predicted molar refractivity (Wildman–Crippen MR) is 111 cm³/mol. The van der Waals surface area contributed by atoms with E-state index in [2.05, 4.69) is 5.32 Å². The lowest BCUT2D eigenvalue weighted by molar-refractivity contribution is -0.121. The summed E-state index contributed by atoms with van der Waals surface area (Å²) in [7, 11) is 0. The molecule has 1 fully saturated rings. The Morgan fingerprint density at radius 2 is 1.87 bits per heavy atom. The summed E-state index contributed by atoms with van der Waals surface area (Å²) in [4.78, 5) is 38.3. The predicted octanol–water partition coefficient (Wildman–Crippen LogP) is 4.20. The molecule has 0 atom stereocenters. The van der Waals surface area contributed by atoms with Gasteiger partial charge >= 0.3 is 12.1 Å². The Balaban J connectivity index is 1.58. The van der Waals surface area contributed by atoms with Gasteiger partial charge in [-0.2, -0.15) is 0 Å². The van der Waals surface area contributed by atoms with Gasteiger partial charge in [0.2, 0.25) is 11.7 Å². The minimum Gasteiger partial charge on any atom is -0.460 e. The standard InChI is InChI=1S/C22H28N2O6/c1-5-28-20(26)18-13-15-12-16(6-7-17(15)29-18)23-19(25)14-8-10-24(11-9-14)21(27)30-22(2,3)4/h6-7,12-14H,5,8-11H2,1-4H3,(H,23,25). The SMILES string of the molecule is CCOC(=O)c1cc2cc(NC(=O)C3CCN(C(=O)OC(C)(C)C)CC3)ccc2o1. The quantitative estimate of drug-likeness (QED) is 0.751. The van der Waals surface area contributed by atoms with E-state index in [0.717, 1.165) is 0 Å². The van der Waals surface area contributed by atoms with Crippen LogP contribution < -0.4 is 5.32 Å². The second-order valence-electron chi connectivity index (χ2n) is 8.31. The summed E-state index contributed by atoms with van der Waals surface area (Å²) < 4.78 is 15.8. The minimum atomic E-state index is -0.538. The number of anilines is 1. The second kappa shape index (κ2) is 8.77. The summed E-state index contributed by atoms with van der Waals surface area (Å²) in [6, 6.07) is 6.80. The van der Waals surface area contributed by atoms with Crippen molar-refractivity contribution in [1.29, 1.82) is 0 Å². The number of hydrogen-bond donors (Lipinski definition) is 1. The van der Waals surface area contributed by atoms with Crippen molar-refractivity contribution in [1.82, 2.24) is 4.90 Å². The third-order valence-electron chi connectivity index (χ3n) is 4.78. The van der Waals surface area contributed by atoms with Crippen molar-refractivity contribution < 1.29 is 28.3 Å². The average Bonchev–Trinajstić information content (AvgIpc) is 3.10. The molecule has 0 saturated carbocycles. The zero-order valence-corrected chi connectivity index (χ0v) is 17.8. The molecule has 0 unspecified atom stereocenters. The fourth-order valence-corrected chi connectivity index (χ4v) is 3.32. The van der Waals surface area contributed by atoms with E-state index in [1.165, 1.54) is 0 Å². The van der Waals surface area contributed by atoms with Crippen LogP contribution in [0, 0.1) is 5.92 Å². The van der Waals surface area contributed by atoms with E-state index in [1.807, 2.05) is 20.8 Å². The zero-order valence-electron chi connectivity index (χ0n) is 17.8. The number of esters is 1. The van der Waals surface area contributed by atoms with Gasteiger partial charge in [0.1, 0.15) is 11.2 Å². The smallest absolute Gasteiger partial charge is 0.410 e. The number of amides is 2. The Kier molecular flexibility index (Phi) is 6.34. The van der Waals surface area contributed by atoms with Crippen LogP contribution in [-0.2, 0) is 14.3 Å². The molecule has 30 heavy (non-hydrogen) atoms. The van der Waals surface area contributed by atoms with Gasteiger partial charge in [-0.1, -0.05) is 0 Å². The molecule has 1 aromatic carbocycles. The van der Waals surface area contributed by atoms with Crippen molar-refractivity contribution in [2.45, 2.75) is 46.1 Å². The highest BCUT2D eigenvalue weighted by atomic mass is 16.6. The number of nitrogens with zero attached hydrogens (tertiary/aromatic N) is 1. The largest absolute Gasteiger partial charge is 0.460 e. The first-order valence-electron chi connectivity index (χ1n) is 10.2. The maximum Gasteiger partial charge on any atom is 0.410 e. The molecular weight excluding hydrogens is 388 g/mol. The lowest BCUT2D eigenvalue weighted by Gasteiger charge is -2.32. The Hall–Kier alpha value is -3.03. The highest BCUT2D eigenvalue weighted by molar-refractivity contribution is 5.97. The highest BCUT2D eigenvalue weighted by Gasteiger charge is 2.30. The number of likely N-dealkylation sites (tertiary alicyclic amines) is 1. The molecule has 1 saturated heterocycles. The molecule has 1 aliphatic heterocycles. The van der Waals surface area contributed by atoms with Crippen molar-refractivity contribution in [3.05, 3.63) is 30.0 Å². The molecule has 1 N–H and O–H groups in total. The van der Waals surface area contributed by atoms with E-state index < -0.39 is 11.6 Å². The van der Waals surface area contributed by atoms with Crippen LogP contribution in [0.1, 0.15) is 51.1 Å². The highest BCUT2D eigenvalue weighted by Crippen LogP contribution is 2.25. The summed E-state index contributed by atoms with van der Waals surface area (Å²) in [6.45, 7) is 8.45. The van der Waals surface area contributed by atoms with Gasteiger partial charge < -0.3 is 24.1 Å². The number of furan rings is 1. The molecule has 2 amide bonds. The first-order chi connectivity index (χ1) is 14.2. The number of piperidine rings is 1. The molecule has 0 bridgehead atoms. The van der Waals surface area contributed by atoms with Crippen LogP contribution in [0.4, 0.5) is 10.5 Å². The van der Waals surface area contributed by atoms with Crippen LogP contribution in [0.2, 0.25) is 0 Å². The van der Waals surface area contributed by atoms with E-state index in [9.17, 15) is 14.4 Å². The van der Waals surface area contributed by atoms with Gasteiger partial charge in [0.05, 0.1) is 6.61 Å². The number of carbonyl (C=O) groups is 3. The van der Waals surface area contributed by atoms with Crippen molar-refractivity contribution in [2.75, 3.05) is 25.0 Å². The second-order valence-corrected chi connectivity index (χ2v) is 8.31. The van der Waals surface area contributed by atoms with E-state index >= 15 is 0 Å². The van der Waals surface area contributed by atoms with Gasteiger partial charge in [-0.3, -0.25) is 4.79 Å². The van der Waals surface area contributed by atoms with Gasteiger partial charge in [-0.05, 0) is 64.8 Å². The molecule has 3 rings (SSSR count). The summed E-state index contributed by atoms with van der Waals surface area (Å²) in [5, 5.41) is 3.62. The Morgan fingerprint density at radius 3 is 2.50 bits per heavy atom. The summed E-state index contributed by atoms with van der Waals surface area (Å²) in [5.41, 5.74) is 0.629. The maximum absolute atomic E-state index is 12.7. The van der Waals surface area contributed by atoms with E-state index in [-0.39, 0.29) is 30.3 Å². The third-order valence-corrected chi connectivity index (χ3v) is 4.78. The summed E-state index contributed by atoms with van der Waals surface area (Å²) in [6.07, 6.45) is 0.808. The van der Waals surface area contributed by atoms with Crippen LogP contribution in [-0.4, -0.2) is 48.2 Å². The van der Waals surface area contributed by atoms with E-state index in [0.29, 0.717) is 42.6 Å². The number of ether oxygens (including phenoxy) is 2. The number of nitrogens with one attached hydrogen (secondary N) is 1. The molecule has 2 aromatic rings. The third kappa shape index (κ3) is 5.31. The van der Waals surface area contributed by atoms with Gasteiger partial charge in [-0.25, -0.2) is 9.59 Å². The van der Waals surface area contributed by atoms with Crippen LogP contribution in [0.25, 0.3) is 11.0 Å². The van der Waals surface area contributed by atoms with Gasteiger partial charge in [0.15, 0.2) is 0 Å². The van der Waals surface area contributed by atoms with E-state index in [1.54, 1.807) is 36.1 Å². The van der Waals surface area contributed by atoms with Crippen LogP contribution in [0.3, 0.4) is 0 Å². The molecule has 2 heterocycles. The Labute approximate surface area is 175 Å². The van der Waals surface area contributed by atoms with Crippen LogP contribution in [0.15, 0.2) is 28.7 Å². The monoisotopic (exact) mass is 416 g/mol. The van der Waals surface area contributed by atoms with Crippen molar-refractivity contribution >= 4 is 34.6 Å². The summed E-state index contributed by atoms with van der Waals surface area (Å²) in [5.74, 6) is -0.660. The summed E-state index contributed by atoms with van der Waals surface area (Å²) >= 11 is 0. The lowest BCUT2D eigenvalue weighted by Crippen LogP contribution is -2.43. The maximum atomic E-state index is 12.7. The number of fused-ring (bicyclic) bond motifs is 1. The minimum absolute atomic E-state index is 0.0905. The molecule has 1 aliphatic rings. The van der Waals surface area contributed by atoms with Gasteiger partial charge in [0, 0.05) is 30.1 Å². The molecule has 0 spiro atoms. The normalized spacial score (nSPS) is 15.1. The van der Waals surface area contributed by atoms with E-state index in [4.69, 9.17) is 13.9 Å². The zero-order chi connectivity index (χ0) is 21.9. The van der Waals surface area contributed by atoms with Crippen molar-refractivity contribution in [2.24, 2.45) is 5.92 Å². The molecule has 8 nitrogen and oxygen atoms in total. The molecule has 162 valence electrons. The van der Waals surface area contributed by atoms with Crippen LogP contribution >= 0.6 is 0 Å². The molecule has 0 aliphatic carbocycles. The molecule has 0 radical (unpaired) electrons. The number of rotatable bonds is 4. The first kappa shape index (κ1) is 21.7. The van der Waals surface area contributed by atoms with Gasteiger partial charge in [-0.15, -0.1) is 0 Å². The average molecular weight is 416 g/mol. The number of hydrogen-bond acceptors (Lipinski definition) is 6. The van der Waals surface area contributed by atoms with Crippen molar-refractivity contribution in [3.63, 3.8) is 0 Å². The Morgan fingerprint density at radius 1 is 1.17 bits per heavy atom.